The van der Waals surface area contributed by atoms with E-state index in [0.717, 1.165) is 59.3 Å². The van der Waals surface area contributed by atoms with Crippen molar-refractivity contribution >= 4 is 28.2 Å². The van der Waals surface area contributed by atoms with E-state index in [9.17, 15) is 0 Å². The molecular weight excluding hydrogens is 468 g/mol. The van der Waals surface area contributed by atoms with Crippen molar-refractivity contribution in [1.82, 2.24) is 15.3 Å². The van der Waals surface area contributed by atoms with Crippen LogP contribution in [0.5, 0.6) is 5.88 Å². The van der Waals surface area contributed by atoms with Crippen molar-refractivity contribution in [3.05, 3.63) is 93.8 Å². The monoisotopic (exact) mass is 498 g/mol. The Hall–Kier alpha value is -3.15. The SMILES string of the molecule is Clc1ccc2c(NCN[C@@H]3CCCc4nc(OCc5ccccc5)ccc43)c3c(nc2c1)CCCC3. The van der Waals surface area contributed by atoms with Crippen molar-refractivity contribution in [1.29, 1.82) is 0 Å². The molecule has 0 spiro atoms. The molecule has 0 bridgehead atoms. The van der Waals surface area contributed by atoms with Gasteiger partial charge in [0.05, 0.1) is 12.2 Å². The first kappa shape index (κ1) is 23.3. The smallest absolute Gasteiger partial charge is 0.213 e. The quantitative estimate of drug-likeness (QED) is 0.275. The number of anilines is 1. The summed E-state index contributed by atoms with van der Waals surface area (Å²) < 4.78 is 5.98. The summed E-state index contributed by atoms with van der Waals surface area (Å²) in [5.74, 6) is 0.699. The summed E-state index contributed by atoms with van der Waals surface area (Å²) in [7, 11) is 0. The average molecular weight is 499 g/mol. The first-order valence-electron chi connectivity index (χ1n) is 13.0. The van der Waals surface area contributed by atoms with E-state index in [1.165, 1.54) is 35.3 Å². The first-order valence-corrected chi connectivity index (χ1v) is 13.4. The van der Waals surface area contributed by atoms with Gasteiger partial charge in [-0.15, -0.1) is 0 Å². The fourth-order valence-electron chi connectivity index (χ4n) is 5.53. The zero-order chi connectivity index (χ0) is 24.3. The lowest BCUT2D eigenvalue weighted by Crippen LogP contribution is -2.30. The van der Waals surface area contributed by atoms with Crippen LogP contribution in [0, 0.1) is 0 Å². The molecule has 2 aliphatic rings. The normalized spacial score (nSPS) is 16.9. The van der Waals surface area contributed by atoms with Crippen molar-refractivity contribution in [3.63, 3.8) is 0 Å². The predicted molar refractivity (Wildman–Crippen MR) is 146 cm³/mol. The van der Waals surface area contributed by atoms with Gasteiger partial charge in [-0.3, -0.25) is 10.3 Å². The molecule has 6 heteroatoms. The number of fused-ring (bicyclic) bond motifs is 3. The lowest BCUT2D eigenvalue weighted by Gasteiger charge is -2.27. The number of nitrogens with zero attached hydrogens (tertiary/aromatic N) is 2. The number of rotatable bonds is 7. The lowest BCUT2D eigenvalue weighted by molar-refractivity contribution is 0.291. The topological polar surface area (TPSA) is 59.1 Å². The van der Waals surface area contributed by atoms with Crippen LogP contribution in [0.2, 0.25) is 5.02 Å². The van der Waals surface area contributed by atoms with Gasteiger partial charge in [0.15, 0.2) is 0 Å². The van der Waals surface area contributed by atoms with Crippen LogP contribution in [0.15, 0.2) is 60.7 Å². The molecule has 2 heterocycles. The van der Waals surface area contributed by atoms with Crippen molar-refractivity contribution in [2.75, 3.05) is 12.0 Å². The number of hydrogen-bond acceptors (Lipinski definition) is 5. The predicted octanol–water partition coefficient (Wildman–Crippen LogP) is 6.78. The third-order valence-electron chi connectivity index (χ3n) is 7.33. The maximum absolute atomic E-state index is 6.28. The number of hydrogen-bond donors (Lipinski definition) is 2. The number of aromatic nitrogens is 2. The molecule has 6 rings (SSSR count). The fraction of sp³-hybridized carbons (Fsp3) is 0.333. The summed E-state index contributed by atoms with van der Waals surface area (Å²) >= 11 is 6.28. The zero-order valence-corrected chi connectivity index (χ0v) is 21.2. The molecule has 0 fully saturated rings. The first-order chi connectivity index (χ1) is 17.7. The average Bonchev–Trinajstić information content (AvgIpc) is 2.92. The Morgan fingerprint density at radius 1 is 0.889 bits per heavy atom. The van der Waals surface area contributed by atoms with Crippen LogP contribution in [0.4, 0.5) is 5.69 Å². The third kappa shape index (κ3) is 4.91. The van der Waals surface area contributed by atoms with Crippen LogP contribution in [0.25, 0.3) is 10.9 Å². The van der Waals surface area contributed by atoms with Gasteiger partial charge in [0, 0.05) is 39.6 Å². The highest BCUT2D eigenvalue weighted by Crippen LogP contribution is 2.35. The van der Waals surface area contributed by atoms with Crippen LogP contribution >= 0.6 is 11.6 Å². The van der Waals surface area contributed by atoms with Crippen LogP contribution in [0.1, 0.15) is 59.8 Å². The minimum absolute atomic E-state index is 0.273. The number of benzene rings is 2. The molecule has 0 radical (unpaired) electrons. The van der Waals surface area contributed by atoms with Gasteiger partial charge in [0.1, 0.15) is 6.61 Å². The molecule has 2 N–H and O–H groups in total. The maximum atomic E-state index is 6.28. The molecule has 1 atom stereocenters. The highest BCUT2D eigenvalue weighted by Gasteiger charge is 2.22. The lowest BCUT2D eigenvalue weighted by atomic mass is 9.91. The van der Waals surface area contributed by atoms with E-state index in [2.05, 4.69) is 34.9 Å². The molecule has 0 saturated heterocycles. The van der Waals surface area contributed by atoms with Crippen LogP contribution in [0.3, 0.4) is 0 Å². The highest BCUT2D eigenvalue weighted by atomic mass is 35.5. The largest absolute Gasteiger partial charge is 0.473 e. The van der Waals surface area contributed by atoms with E-state index >= 15 is 0 Å². The molecule has 2 aromatic carbocycles. The van der Waals surface area contributed by atoms with Crippen molar-refractivity contribution < 1.29 is 4.74 Å². The zero-order valence-electron chi connectivity index (χ0n) is 20.4. The van der Waals surface area contributed by atoms with Gasteiger partial charge in [0.25, 0.3) is 0 Å². The number of nitrogens with one attached hydrogen (secondary N) is 2. The van der Waals surface area contributed by atoms with Gasteiger partial charge in [-0.2, -0.15) is 0 Å². The Bertz CT molecular complexity index is 1370. The Morgan fingerprint density at radius 2 is 1.75 bits per heavy atom. The second-order valence-electron chi connectivity index (χ2n) is 9.74. The molecule has 0 aliphatic heterocycles. The van der Waals surface area contributed by atoms with Gasteiger partial charge >= 0.3 is 0 Å². The summed E-state index contributed by atoms with van der Waals surface area (Å²) in [6.45, 7) is 1.22. The van der Waals surface area contributed by atoms with Crippen LogP contribution in [-0.2, 0) is 25.9 Å². The second-order valence-corrected chi connectivity index (χ2v) is 10.2. The van der Waals surface area contributed by atoms with E-state index in [-0.39, 0.29) is 6.04 Å². The molecule has 2 aliphatic carbocycles. The van der Waals surface area contributed by atoms with Gasteiger partial charge in [-0.1, -0.05) is 48.0 Å². The van der Waals surface area contributed by atoms with Gasteiger partial charge < -0.3 is 10.1 Å². The fourth-order valence-corrected chi connectivity index (χ4v) is 5.69. The Morgan fingerprint density at radius 3 is 2.67 bits per heavy atom. The summed E-state index contributed by atoms with van der Waals surface area (Å²) in [4.78, 5) is 9.79. The van der Waals surface area contributed by atoms with E-state index in [1.54, 1.807) is 0 Å². The highest BCUT2D eigenvalue weighted by molar-refractivity contribution is 6.31. The minimum atomic E-state index is 0.273. The third-order valence-corrected chi connectivity index (χ3v) is 7.57. The number of halogens is 1. The summed E-state index contributed by atoms with van der Waals surface area (Å²) in [6.07, 6.45) is 7.74. The molecule has 5 nitrogen and oxygen atoms in total. The Kier molecular flexibility index (Phi) is 6.75. The molecule has 36 heavy (non-hydrogen) atoms. The molecule has 184 valence electrons. The van der Waals surface area contributed by atoms with Crippen molar-refractivity contribution in [2.24, 2.45) is 0 Å². The summed E-state index contributed by atoms with van der Waals surface area (Å²) in [6, 6.07) is 20.7. The number of pyridine rings is 2. The second kappa shape index (κ2) is 10.5. The van der Waals surface area contributed by atoms with Crippen LogP contribution in [-0.4, -0.2) is 16.6 Å². The van der Waals surface area contributed by atoms with E-state index in [4.69, 9.17) is 26.3 Å². The maximum Gasteiger partial charge on any atom is 0.213 e. The molecule has 4 aromatic rings. The van der Waals surface area contributed by atoms with E-state index < -0.39 is 0 Å². The minimum Gasteiger partial charge on any atom is -0.473 e. The van der Waals surface area contributed by atoms with Crippen molar-refractivity contribution in [2.45, 2.75) is 57.6 Å². The molecule has 0 saturated carbocycles. The van der Waals surface area contributed by atoms with E-state index in [1.807, 2.05) is 36.4 Å². The molecule has 2 aromatic heterocycles. The van der Waals surface area contributed by atoms with Crippen molar-refractivity contribution in [3.8, 4) is 5.88 Å². The van der Waals surface area contributed by atoms with Gasteiger partial charge in [-0.05, 0) is 79.8 Å². The molecule has 0 unspecified atom stereocenters. The summed E-state index contributed by atoms with van der Waals surface area (Å²) in [5, 5.41) is 9.35. The van der Waals surface area contributed by atoms with Gasteiger partial charge in [0.2, 0.25) is 5.88 Å². The number of aryl methyl sites for hydroxylation is 2. The Balaban J connectivity index is 1.16. The number of ether oxygens (including phenoxy) is 1. The molecular formula is C30H31ClN4O. The molecule has 0 amide bonds. The summed E-state index contributed by atoms with van der Waals surface area (Å²) in [5.41, 5.74) is 8.33. The standard InChI is InChI=1S/C30H31ClN4O/c31-21-13-14-24-28(17-21)34-27-10-5-4-9-23(27)30(24)33-19-32-25-11-6-12-26-22(25)15-16-29(35-26)36-18-20-7-2-1-3-8-20/h1-3,7-8,13-17,25,32H,4-6,9-12,18-19H2,(H,33,34)/t25-/m1/s1. The van der Waals surface area contributed by atoms with Crippen LogP contribution < -0.4 is 15.4 Å². The van der Waals surface area contributed by atoms with Gasteiger partial charge in [-0.25, -0.2) is 4.98 Å². The van der Waals surface area contributed by atoms with E-state index in [0.29, 0.717) is 19.2 Å². The Labute approximate surface area is 217 Å².